The molecule has 84 valence electrons. The molecule has 0 spiro atoms. The molecule has 0 saturated carbocycles. The van der Waals surface area contributed by atoms with E-state index < -0.39 is 0 Å². The lowest BCUT2D eigenvalue weighted by molar-refractivity contribution is 0.970. The first-order chi connectivity index (χ1) is 7.83. The molecule has 0 radical (unpaired) electrons. The summed E-state index contributed by atoms with van der Waals surface area (Å²) < 4.78 is 5.25. The molecule has 1 aromatic carbocycles. The zero-order valence-corrected chi connectivity index (χ0v) is 10.6. The Balaban J connectivity index is 2.19. The van der Waals surface area contributed by atoms with Crippen LogP contribution in [0.3, 0.4) is 0 Å². The molecule has 2 N–H and O–H groups in total. The number of nitrogens with zero attached hydrogens (tertiary/aromatic N) is 2. The first kappa shape index (κ1) is 11.6. The maximum Gasteiger partial charge on any atom is 0.174 e. The van der Waals surface area contributed by atoms with E-state index in [-0.39, 0.29) is 0 Å². The van der Waals surface area contributed by atoms with Crippen molar-refractivity contribution < 1.29 is 0 Å². The van der Waals surface area contributed by atoms with E-state index in [1.165, 1.54) is 16.4 Å². The van der Waals surface area contributed by atoms with E-state index in [4.69, 9.17) is 5.73 Å². The predicted octanol–water partition coefficient (Wildman–Crippen LogP) is 2.71. The summed E-state index contributed by atoms with van der Waals surface area (Å²) in [5.74, 6) is 0.915. The first-order valence-corrected chi connectivity index (χ1v) is 6.71. The molecular weight excluding hydrogens is 238 g/mol. The van der Waals surface area contributed by atoms with Gasteiger partial charge in [0.1, 0.15) is 5.82 Å². The van der Waals surface area contributed by atoms with Gasteiger partial charge in [-0.15, -0.1) is 0 Å². The van der Waals surface area contributed by atoms with E-state index in [2.05, 4.69) is 22.3 Å². The van der Waals surface area contributed by atoms with Gasteiger partial charge in [-0.25, -0.2) is 4.98 Å². The molecule has 0 fully saturated rings. The fourth-order valence-corrected chi connectivity index (χ4v) is 3.09. The summed E-state index contributed by atoms with van der Waals surface area (Å²) in [6.07, 6.45) is 0.885. The summed E-state index contributed by atoms with van der Waals surface area (Å²) in [6.45, 7) is 2.62. The minimum absolute atomic E-state index is 0.558. The van der Waals surface area contributed by atoms with Crippen LogP contribution in [0.5, 0.6) is 0 Å². The molecule has 3 nitrogen and oxygen atoms in total. The lowest BCUT2D eigenvalue weighted by atomic mass is 10.2. The summed E-state index contributed by atoms with van der Waals surface area (Å²) >= 11 is 3.09. The van der Waals surface area contributed by atoms with Crippen molar-refractivity contribution in [2.24, 2.45) is 5.73 Å². The lowest BCUT2D eigenvalue weighted by Gasteiger charge is -2.03. The van der Waals surface area contributed by atoms with Gasteiger partial charge in [-0.1, -0.05) is 36.9 Å². The van der Waals surface area contributed by atoms with Gasteiger partial charge in [0.05, 0.1) is 0 Å². The number of benzene rings is 1. The van der Waals surface area contributed by atoms with Crippen LogP contribution in [0.2, 0.25) is 0 Å². The molecule has 0 atom stereocenters. The molecule has 2 aromatic rings. The van der Waals surface area contributed by atoms with E-state index in [0.29, 0.717) is 6.54 Å². The van der Waals surface area contributed by atoms with Crippen LogP contribution in [0.4, 0.5) is 0 Å². The summed E-state index contributed by atoms with van der Waals surface area (Å²) in [5.41, 5.74) is 6.84. The summed E-state index contributed by atoms with van der Waals surface area (Å²) in [5, 5.41) is 0. The van der Waals surface area contributed by atoms with Crippen LogP contribution in [0.15, 0.2) is 33.5 Å². The Labute approximate surface area is 103 Å². The Hall–Kier alpha value is -0.910. The normalized spacial score (nSPS) is 10.6. The van der Waals surface area contributed by atoms with Gasteiger partial charge in [0.25, 0.3) is 0 Å². The van der Waals surface area contributed by atoms with Gasteiger partial charge in [-0.3, -0.25) is 0 Å². The van der Waals surface area contributed by atoms with Gasteiger partial charge in [0.2, 0.25) is 0 Å². The summed E-state index contributed by atoms with van der Waals surface area (Å²) in [7, 11) is 0. The highest BCUT2D eigenvalue weighted by molar-refractivity contribution is 8.01. The number of aromatic nitrogens is 2. The van der Waals surface area contributed by atoms with Crippen LogP contribution < -0.4 is 5.73 Å². The number of rotatable bonds is 4. The lowest BCUT2D eigenvalue weighted by Crippen LogP contribution is -1.97. The van der Waals surface area contributed by atoms with Gasteiger partial charge < -0.3 is 5.73 Å². The van der Waals surface area contributed by atoms with Crippen LogP contribution >= 0.6 is 23.3 Å². The Kier molecular flexibility index (Phi) is 3.93. The van der Waals surface area contributed by atoms with Crippen LogP contribution in [0.1, 0.15) is 18.3 Å². The number of hydrogen-bond acceptors (Lipinski definition) is 5. The standard InChI is InChI=1S/C11H13N3S2/c1-2-10-13-11(16-14-10)15-9-6-4-3-5-8(9)7-12/h3-6H,2,7,12H2,1H3. The average Bonchev–Trinajstić information content (AvgIpc) is 2.77. The smallest absolute Gasteiger partial charge is 0.174 e. The molecule has 16 heavy (non-hydrogen) atoms. The third kappa shape index (κ3) is 2.61. The molecule has 1 aromatic heterocycles. The minimum atomic E-state index is 0.558. The van der Waals surface area contributed by atoms with E-state index >= 15 is 0 Å². The Morgan fingerprint density at radius 1 is 1.38 bits per heavy atom. The van der Waals surface area contributed by atoms with Crippen molar-refractivity contribution in [2.75, 3.05) is 0 Å². The van der Waals surface area contributed by atoms with Crippen molar-refractivity contribution in [3.63, 3.8) is 0 Å². The summed E-state index contributed by atoms with van der Waals surface area (Å²) in [4.78, 5) is 5.60. The van der Waals surface area contributed by atoms with Gasteiger partial charge in [-0.2, -0.15) is 4.37 Å². The molecular formula is C11H13N3S2. The van der Waals surface area contributed by atoms with Crippen molar-refractivity contribution >= 4 is 23.3 Å². The molecule has 0 aliphatic rings. The zero-order chi connectivity index (χ0) is 11.4. The molecule has 0 unspecified atom stereocenters. The first-order valence-electron chi connectivity index (χ1n) is 5.12. The molecule has 1 heterocycles. The van der Waals surface area contributed by atoms with E-state index in [0.717, 1.165) is 22.1 Å². The van der Waals surface area contributed by atoms with Crippen LogP contribution in [-0.2, 0) is 13.0 Å². The largest absolute Gasteiger partial charge is 0.326 e. The fourth-order valence-electron chi connectivity index (χ4n) is 1.29. The van der Waals surface area contributed by atoms with Crippen LogP contribution in [0, 0.1) is 0 Å². The average molecular weight is 251 g/mol. The van der Waals surface area contributed by atoms with Gasteiger partial charge in [0, 0.05) is 17.9 Å². The molecule has 2 rings (SSSR count). The Bertz CT molecular complexity index is 468. The summed E-state index contributed by atoms with van der Waals surface area (Å²) in [6, 6.07) is 8.14. The zero-order valence-electron chi connectivity index (χ0n) is 9.01. The molecule has 0 saturated heterocycles. The van der Waals surface area contributed by atoms with E-state index in [1.807, 2.05) is 18.2 Å². The van der Waals surface area contributed by atoms with Crippen molar-refractivity contribution in [2.45, 2.75) is 29.1 Å². The van der Waals surface area contributed by atoms with Crippen molar-refractivity contribution in [3.05, 3.63) is 35.7 Å². The van der Waals surface area contributed by atoms with Crippen molar-refractivity contribution in [3.8, 4) is 0 Å². The van der Waals surface area contributed by atoms with Gasteiger partial charge in [-0.05, 0) is 23.2 Å². The Morgan fingerprint density at radius 2 is 2.19 bits per heavy atom. The minimum Gasteiger partial charge on any atom is -0.326 e. The number of aryl methyl sites for hydroxylation is 1. The van der Waals surface area contributed by atoms with Gasteiger partial charge >= 0.3 is 0 Å². The van der Waals surface area contributed by atoms with Gasteiger partial charge in [0.15, 0.2) is 4.34 Å². The Morgan fingerprint density at radius 3 is 2.88 bits per heavy atom. The quantitative estimate of drug-likeness (QED) is 0.907. The monoisotopic (exact) mass is 251 g/mol. The van der Waals surface area contributed by atoms with E-state index in [9.17, 15) is 0 Å². The third-order valence-electron chi connectivity index (χ3n) is 2.16. The second-order valence-electron chi connectivity index (χ2n) is 3.24. The highest BCUT2D eigenvalue weighted by atomic mass is 32.2. The second kappa shape index (κ2) is 5.43. The molecule has 0 aliphatic heterocycles. The maximum atomic E-state index is 5.69. The molecule has 0 aliphatic carbocycles. The molecule has 5 heteroatoms. The fraction of sp³-hybridized carbons (Fsp3) is 0.273. The highest BCUT2D eigenvalue weighted by Gasteiger charge is 2.07. The SMILES string of the molecule is CCc1nsc(Sc2ccccc2CN)n1. The molecule has 0 bridgehead atoms. The topological polar surface area (TPSA) is 51.8 Å². The van der Waals surface area contributed by atoms with E-state index in [1.54, 1.807) is 11.8 Å². The van der Waals surface area contributed by atoms with Crippen LogP contribution in [0.25, 0.3) is 0 Å². The molecule has 0 amide bonds. The second-order valence-corrected chi connectivity index (χ2v) is 5.28. The highest BCUT2D eigenvalue weighted by Crippen LogP contribution is 2.31. The third-order valence-corrected chi connectivity index (χ3v) is 4.06. The predicted molar refractivity (Wildman–Crippen MR) is 67.7 cm³/mol. The number of nitrogens with two attached hydrogens (primary N) is 1. The maximum absolute atomic E-state index is 5.69. The number of hydrogen-bond donors (Lipinski definition) is 1. The van der Waals surface area contributed by atoms with Crippen LogP contribution in [-0.4, -0.2) is 9.36 Å². The van der Waals surface area contributed by atoms with Crippen molar-refractivity contribution in [1.82, 2.24) is 9.36 Å². The van der Waals surface area contributed by atoms with Crippen molar-refractivity contribution in [1.29, 1.82) is 0 Å².